The molecule has 0 unspecified atom stereocenters. The van der Waals surface area contributed by atoms with Crippen molar-refractivity contribution in [3.63, 3.8) is 0 Å². The van der Waals surface area contributed by atoms with E-state index in [2.05, 4.69) is 44.6 Å². The fourth-order valence-corrected chi connectivity index (χ4v) is 4.58. The summed E-state index contributed by atoms with van der Waals surface area (Å²) in [5.74, 6) is -2.80. The third-order valence-electron chi connectivity index (χ3n) is 6.35. The van der Waals surface area contributed by atoms with E-state index in [9.17, 15) is 18.0 Å². The molecule has 0 bridgehead atoms. The first-order valence-corrected chi connectivity index (χ1v) is 12.0. The van der Waals surface area contributed by atoms with Gasteiger partial charge in [0.25, 0.3) is 5.91 Å². The number of rotatable bonds is 4. The van der Waals surface area contributed by atoms with Gasteiger partial charge < -0.3 is 21.1 Å². The molecule has 0 aliphatic heterocycles. The number of nitrogens with zero attached hydrogens (tertiary/aromatic N) is 4. The summed E-state index contributed by atoms with van der Waals surface area (Å²) in [5.41, 5.74) is 13.3. The van der Waals surface area contributed by atoms with Crippen LogP contribution in [0.2, 0.25) is 0 Å². The first-order chi connectivity index (χ1) is 19.0. The summed E-state index contributed by atoms with van der Waals surface area (Å²) in [6.45, 7) is 0. The molecule has 0 saturated carbocycles. The number of hydrogen-bond donors (Lipinski definition) is 4. The van der Waals surface area contributed by atoms with Crippen LogP contribution in [0.5, 0.6) is 0 Å². The molecule has 0 spiro atoms. The van der Waals surface area contributed by atoms with Gasteiger partial charge in [0.2, 0.25) is 5.95 Å². The molecule has 40 heavy (non-hydrogen) atoms. The third-order valence-corrected chi connectivity index (χ3v) is 6.35. The van der Waals surface area contributed by atoms with E-state index in [0.29, 0.717) is 18.1 Å². The highest BCUT2D eigenvalue weighted by Crippen LogP contribution is 2.35. The molecule has 6 rings (SSSR count). The number of carboxylic acid groups (broad SMARTS) is 1. The quantitative estimate of drug-likeness (QED) is 0.256. The zero-order chi connectivity index (χ0) is 28.6. The van der Waals surface area contributed by atoms with Crippen molar-refractivity contribution in [2.75, 3.05) is 5.32 Å². The fraction of sp³-hybridized carbons (Fsp3) is 0.148. The number of hydrogen-bond acceptors (Lipinski definition) is 6. The summed E-state index contributed by atoms with van der Waals surface area (Å²) in [4.78, 5) is 33.6. The Kier molecular flexibility index (Phi) is 6.71. The van der Waals surface area contributed by atoms with Crippen molar-refractivity contribution in [2.45, 2.75) is 19.0 Å². The Bertz CT molecular complexity index is 1730. The van der Waals surface area contributed by atoms with Crippen LogP contribution in [-0.2, 0) is 24.7 Å². The number of amides is 1. The van der Waals surface area contributed by atoms with Gasteiger partial charge in [0.05, 0.1) is 17.1 Å². The highest BCUT2D eigenvalue weighted by atomic mass is 19.4. The lowest BCUT2D eigenvalue weighted by atomic mass is 9.93. The van der Waals surface area contributed by atoms with E-state index in [1.165, 1.54) is 0 Å². The lowest BCUT2D eigenvalue weighted by Crippen LogP contribution is -2.21. The first kappa shape index (κ1) is 26.4. The fourth-order valence-electron chi connectivity index (χ4n) is 4.58. The molecule has 3 heterocycles. The number of aliphatic carboxylic acids is 1. The van der Waals surface area contributed by atoms with Crippen molar-refractivity contribution >= 4 is 34.4 Å². The topological polar surface area (TPSA) is 152 Å². The number of fused-ring (bicyclic) bond motifs is 4. The van der Waals surface area contributed by atoms with Gasteiger partial charge in [-0.25, -0.2) is 14.8 Å². The molecule has 10 nitrogen and oxygen atoms in total. The van der Waals surface area contributed by atoms with Crippen LogP contribution in [0.25, 0.3) is 33.5 Å². The summed E-state index contributed by atoms with van der Waals surface area (Å²) in [7, 11) is 1.81. The Morgan fingerprint density at radius 3 is 2.50 bits per heavy atom. The second-order valence-corrected chi connectivity index (χ2v) is 8.97. The van der Waals surface area contributed by atoms with Gasteiger partial charge in [-0.15, -0.1) is 0 Å². The normalized spacial score (nSPS) is 12.2. The predicted octanol–water partition coefficient (Wildman–Crippen LogP) is 4.60. The molecule has 1 aliphatic carbocycles. The molecule has 204 valence electrons. The molecule has 0 saturated heterocycles. The Morgan fingerprint density at radius 2 is 1.80 bits per heavy atom. The van der Waals surface area contributed by atoms with E-state index in [1.807, 2.05) is 36.5 Å². The number of carboxylic acids is 1. The summed E-state index contributed by atoms with van der Waals surface area (Å²) < 4.78 is 33.4. The Hall–Kier alpha value is -5.20. The number of halogens is 3. The van der Waals surface area contributed by atoms with Gasteiger partial charge in [0, 0.05) is 41.0 Å². The van der Waals surface area contributed by atoms with Crippen LogP contribution < -0.4 is 11.1 Å². The average molecular weight is 550 g/mol. The molecule has 13 heteroatoms. The van der Waals surface area contributed by atoms with Crippen LogP contribution in [0.15, 0.2) is 60.8 Å². The summed E-state index contributed by atoms with van der Waals surface area (Å²) in [5, 5.41) is 16.0. The zero-order valence-corrected chi connectivity index (χ0v) is 21.0. The number of alkyl halides is 3. The summed E-state index contributed by atoms with van der Waals surface area (Å²) in [6, 6.07) is 18.4. The van der Waals surface area contributed by atoms with Crippen molar-refractivity contribution < 1.29 is 27.9 Å². The van der Waals surface area contributed by atoms with Gasteiger partial charge in [-0.05, 0) is 36.6 Å². The minimum Gasteiger partial charge on any atom is -0.475 e. The SMILES string of the molecule is Cn1nc(C(N)=O)c2c1-c1nc(Nc3ccccc3-c3cc4ccccc4[nH]3)ncc1CC2.O=C(O)C(F)(F)F. The Morgan fingerprint density at radius 1 is 1.10 bits per heavy atom. The van der Waals surface area contributed by atoms with Crippen LogP contribution in [0.4, 0.5) is 24.8 Å². The van der Waals surface area contributed by atoms with Crippen molar-refractivity contribution in [3.8, 4) is 22.6 Å². The number of carbonyl (C=O) groups excluding carboxylic acids is 1. The van der Waals surface area contributed by atoms with Crippen molar-refractivity contribution in [2.24, 2.45) is 12.8 Å². The van der Waals surface area contributed by atoms with E-state index in [-0.39, 0.29) is 0 Å². The number of anilines is 2. The van der Waals surface area contributed by atoms with Gasteiger partial charge in [-0.2, -0.15) is 18.3 Å². The highest BCUT2D eigenvalue weighted by molar-refractivity contribution is 5.94. The molecule has 1 amide bonds. The number of aromatic nitrogens is 5. The molecule has 5 N–H and O–H groups in total. The van der Waals surface area contributed by atoms with Gasteiger partial charge in [-0.3, -0.25) is 9.48 Å². The van der Waals surface area contributed by atoms with E-state index in [1.54, 1.807) is 11.7 Å². The largest absolute Gasteiger partial charge is 0.490 e. The number of H-pyrrole nitrogens is 1. The second kappa shape index (κ2) is 10.2. The van der Waals surface area contributed by atoms with E-state index >= 15 is 0 Å². The maximum atomic E-state index is 11.8. The molecular formula is C27H22F3N7O3. The van der Waals surface area contributed by atoms with Crippen molar-refractivity contribution in [1.29, 1.82) is 0 Å². The molecule has 0 atom stereocenters. The summed E-state index contributed by atoms with van der Waals surface area (Å²) in [6.07, 6.45) is -1.82. The van der Waals surface area contributed by atoms with E-state index in [0.717, 1.165) is 56.8 Å². The third kappa shape index (κ3) is 5.08. The monoisotopic (exact) mass is 549 g/mol. The molecule has 5 aromatic rings. The maximum absolute atomic E-state index is 11.8. The predicted molar refractivity (Wildman–Crippen MR) is 141 cm³/mol. The van der Waals surface area contributed by atoms with Crippen LogP contribution in [0.3, 0.4) is 0 Å². The molecule has 0 radical (unpaired) electrons. The number of aromatic amines is 1. The van der Waals surface area contributed by atoms with E-state index < -0.39 is 18.1 Å². The molecule has 1 aliphatic rings. The lowest BCUT2D eigenvalue weighted by Gasteiger charge is -2.18. The van der Waals surface area contributed by atoms with Crippen LogP contribution in [0, 0.1) is 0 Å². The van der Waals surface area contributed by atoms with Crippen molar-refractivity contribution in [3.05, 3.63) is 77.6 Å². The van der Waals surface area contributed by atoms with Crippen LogP contribution >= 0.6 is 0 Å². The average Bonchev–Trinajstić information content (AvgIpc) is 3.50. The highest BCUT2D eigenvalue weighted by Gasteiger charge is 2.38. The van der Waals surface area contributed by atoms with Crippen molar-refractivity contribution in [1.82, 2.24) is 24.7 Å². The number of carbonyl (C=O) groups is 2. The number of benzene rings is 2. The first-order valence-electron chi connectivity index (χ1n) is 12.0. The molecule has 0 fully saturated rings. The second-order valence-electron chi connectivity index (χ2n) is 8.97. The molecule has 3 aromatic heterocycles. The summed E-state index contributed by atoms with van der Waals surface area (Å²) >= 11 is 0. The molecule has 2 aromatic carbocycles. The Labute approximate surface area is 224 Å². The van der Waals surface area contributed by atoms with Crippen LogP contribution in [0.1, 0.15) is 21.6 Å². The number of primary amides is 1. The van der Waals surface area contributed by atoms with Gasteiger partial charge >= 0.3 is 12.1 Å². The smallest absolute Gasteiger partial charge is 0.475 e. The number of para-hydroxylation sites is 2. The standard InChI is InChI=1S/C25H21N7O.C2HF3O2/c1-32-23-17(22(31-32)24(26)33)11-10-15-13-27-25(30-21(15)23)29-19-9-5-3-7-16(19)20-12-14-6-2-4-8-18(14)28-20;3-2(4,5)1(6)7/h2-9,12-13,28H,10-11H2,1H3,(H2,26,33)(H,27,29,30);(H,6,7). The zero-order valence-electron chi connectivity index (χ0n) is 21.0. The maximum Gasteiger partial charge on any atom is 0.490 e. The van der Waals surface area contributed by atoms with Gasteiger partial charge in [0.1, 0.15) is 0 Å². The van der Waals surface area contributed by atoms with Gasteiger partial charge in [0.15, 0.2) is 5.69 Å². The van der Waals surface area contributed by atoms with Gasteiger partial charge in [-0.1, -0.05) is 36.4 Å². The number of nitrogens with two attached hydrogens (primary N) is 1. The number of aryl methyl sites for hydroxylation is 2. The molecular weight excluding hydrogens is 527 g/mol. The van der Waals surface area contributed by atoms with E-state index in [4.69, 9.17) is 20.6 Å². The Balaban J connectivity index is 0.000000411. The minimum absolute atomic E-state index is 0.315. The minimum atomic E-state index is -5.08. The number of nitrogens with one attached hydrogen (secondary N) is 2. The lowest BCUT2D eigenvalue weighted by molar-refractivity contribution is -0.192. The van der Waals surface area contributed by atoms with Crippen LogP contribution in [-0.4, -0.2) is 47.9 Å².